The van der Waals surface area contributed by atoms with Crippen LogP contribution in [-0.2, 0) is 0 Å². The van der Waals surface area contributed by atoms with Gasteiger partial charge in [-0.15, -0.1) is 0 Å². The SMILES string of the molecule is CC.Cc1cc(=O)n(-c2cccc(C(N)=O)c2)cc1-c1ccc(F)cc1. The second-order valence-electron chi connectivity index (χ2n) is 5.50. The van der Waals surface area contributed by atoms with Crippen molar-refractivity contribution in [3.05, 3.63) is 88.1 Å². The standard InChI is InChI=1S/C19H15FN2O2.C2H6/c1-12-9-18(23)22(16-4-2-3-14(10-16)19(21)24)11-17(12)13-5-7-15(20)8-6-13;1-2/h2-11H,1H3,(H2,21,24);1-2H3. The zero-order chi connectivity index (χ0) is 19.3. The van der Waals surface area contributed by atoms with E-state index in [2.05, 4.69) is 0 Å². The highest BCUT2D eigenvalue weighted by molar-refractivity contribution is 5.93. The summed E-state index contributed by atoms with van der Waals surface area (Å²) >= 11 is 0. The maximum absolute atomic E-state index is 13.1. The van der Waals surface area contributed by atoms with Gasteiger partial charge >= 0.3 is 0 Å². The first-order chi connectivity index (χ1) is 12.5. The highest BCUT2D eigenvalue weighted by atomic mass is 19.1. The van der Waals surface area contributed by atoms with E-state index in [1.165, 1.54) is 22.8 Å². The number of aryl methyl sites for hydroxylation is 1. The normalized spacial score (nSPS) is 10.0. The number of hydrogen-bond acceptors (Lipinski definition) is 2. The van der Waals surface area contributed by atoms with Crippen LogP contribution in [-0.4, -0.2) is 10.5 Å². The number of halogens is 1. The third-order valence-electron chi connectivity index (χ3n) is 3.82. The Bertz CT molecular complexity index is 976. The minimum atomic E-state index is -0.559. The lowest BCUT2D eigenvalue weighted by atomic mass is 10.0. The van der Waals surface area contributed by atoms with Crippen LogP contribution in [0.5, 0.6) is 0 Å². The van der Waals surface area contributed by atoms with Crippen molar-refractivity contribution < 1.29 is 9.18 Å². The maximum atomic E-state index is 13.1. The van der Waals surface area contributed by atoms with Gasteiger partial charge in [0.1, 0.15) is 5.82 Å². The van der Waals surface area contributed by atoms with Gasteiger partial charge in [-0.1, -0.05) is 32.0 Å². The zero-order valence-electron chi connectivity index (χ0n) is 15.0. The molecule has 1 heterocycles. The first-order valence-corrected chi connectivity index (χ1v) is 8.35. The molecule has 0 radical (unpaired) electrons. The second-order valence-corrected chi connectivity index (χ2v) is 5.50. The molecule has 1 aromatic heterocycles. The molecule has 2 aromatic carbocycles. The van der Waals surface area contributed by atoms with Crippen molar-refractivity contribution in [1.82, 2.24) is 4.57 Å². The third-order valence-corrected chi connectivity index (χ3v) is 3.82. The van der Waals surface area contributed by atoms with Gasteiger partial charge in [-0.25, -0.2) is 4.39 Å². The van der Waals surface area contributed by atoms with Crippen LogP contribution in [0.15, 0.2) is 65.6 Å². The van der Waals surface area contributed by atoms with Crippen molar-refractivity contribution in [2.75, 3.05) is 0 Å². The van der Waals surface area contributed by atoms with Gasteiger partial charge in [-0.05, 0) is 48.4 Å². The smallest absolute Gasteiger partial charge is 0.255 e. The third kappa shape index (κ3) is 4.06. The number of rotatable bonds is 3. The fourth-order valence-electron chi connectivity index (χ4n) is 2.57. The Morgan fingerprint density at radius 1 is 1.04 bits per heavy atom. The Hall–Kier alpha value is -3.21. The number of primary amides is 1. The molecular formula is C21H21FN2O2. The quantitative estimate of drug-likeness (QED) is 0.772. The van der Waals surface area contributed by atoms with Crippen LogP contribution in [0.2, 0.25) is 0 Å². The molecule has 0 bridgehead atoms. The Balaban J connectivity index is 0.00000117. The average molecular weight is 352 g/mol. The van der Waals surface area contributed by atoms with Crippen molar-refractivity contribution in [1.29, 1.82) is 0 Å². The minimum absolute atomic E-state index is 0.222. The molecule has 3 rings (SSSR count). The molecular weight excluding hydrogens is 331 g/mol. The van der Waals surface area contributed by atoms with E-state index in [1.807, 2.05) is 20.8 Å². The second kappa shape index (κ2) is 8.25. The predicted octanol–water partition coefficient (Wildman–Crippen LogP) is 4.08. The number of carbonyl (C=O) groups excluding carboxylic acids is 1. The molecule has 0 unspecified atom stereocenters. The fourth-order valence-corrected chi connectivity index (χ4v) is 2.57. The number of aromatic nitrogens is 1. The van der Waals surface area contributed by atoms with Gasteiger partial charge in [-0.3, -0.25) is 14.2 Å². The first kappa shape index (κ1) is 19.1. The van der Waals surface area contributed by atoms with Crippen molar-refractivity contribution in [3.63, 3.8) is 0 Å². The van der Waals surface area contributed by atoms with E-state index in [0.29, 0.717) is 11.3 Å². The Morgan fingerprint density at radius 3 is 2.31 bits per heavy atom. The van der Waals surface area contributed by atoms with Crippen molar-refractivity contribution in [2.45, 2.75) is 20.8 Å². The Labute approximate surface area is 151 Å². The van der Waals surface area contributed by atoms with E-state index in [0.717, 1.165) is 16.7 Å². The molecule has 5 heteroatoms. The maximum Gasteiger partial charge on any atom is 0.255 e. The fraction of sp³-hybridized carbons (Fsp3) is 0.143. The summed E-state index contributed by atoms with van der Waals surface area (Å²) in [4.78, 5) is 23.7. The largest absolute Gasteiger partial charge is 0.366 e. The van der Waals surface area contributed by atoms with E-state index < -0.39 is 5.91 Å². The molecule has 0 atom stereocenters. The van der Waals surface area contributed by atoms with Gasteiger partial charge in [0.15, 0.2) is 0 Å². The summed E-state index contributed by atoms with van der Waals surface area (Å²) in [7, 11) is 0. The summed E-state index contributed by atoms with van der Waals surface area (Å²) in [6.45, 7) is 5.82. The summed E-state index contributed by atoms with van der Waals surface area (Å²) in [5.74, 6) is -0.880. The van der Waals surface area contributed by atoms with E-state index >= 15 is 0 Å². The van der Waals surface area contributed by atoms with Gasteiger partial charge in [-0.2, -0.15) is 0 Å². The monoisotopic (exact) mass is 352 g/mol. The van der Waals surface area contributed by atoms with Crippen LogP contribution in [0, 0.1) is 12.7 Å². The first-order valence-electron chi connectivity index (χ1n) is 8.35. The minimum Gasteiger partial charge on any atom is -0.366 e. The summed E-state index contributed by atoms with van der Waals surface area (Å²) in [6.07, 6.45) is 1.69. The van der Waals surface area contributed by atoms with Crippen molar-refractivity contribution >= 4 is 5.91 Å². The van der Waals surface area contributed by atoms with Gasteiger partial charge in [0.2, 0.25) is 5.91 Å². The van der Waals surface area contributed by atoms with Crippen molar-refractivity contribution in [2.24, 2.45) is 5.73 Å². The Morgan fingerprint density at radius 2 is 1.69 bits per heavy atom. The molecule has 0 fully saturated rings. The number of amides is 1. The molecule has 0 spiro atoms. The molecule has 134 valence electrons. The van der Waals surface area contributed by atoms with Crippen LogP contribution in [0.4, 0.5) is 4.39 Å². The lowest BCUT2D eigenvalue weighted by Gasteiger charge is -2.12. The molecule has 26 heavy (non-hydrogen) atoms. The summed E-state index contributed by atoms with van der Waals surface area (Å²) in [5, 5.41) is 0. The molecule has 0 saturated carbocycles. The van der Waals surface area contributed by atoms with Crippen LogP contribution in [0.1, 0.15) is 29.8 Å². The predicted molar refractivity (Wildman–Crippen MR) is 102 cm³/mol. The molecule has 0 aliphatic carbocycles. The molecule has 1 amide bonds. The number of carbonyl (C=O) groups is 1. The van der Waals surface area contributed by atoms with Gasteiger partial charge in [0.05, 0.1) is 0 Å². The molecule has 4 nitrogen and oxygen atoms in total. The van der Waals surface area contributed by atoms with E-state index in [9.17, 15) is 14.0 Å². The number of benzene rings is 2. The highest BCUT2D eigenvalue weighted by Gasteiger charge is 2.09. The molecule has 0 aliphatic rings. The van der Waals surface area contributed by atoms with Gasteiger partial charge < -0.3 is 5.73 Å². The highest BCUT2D eigenvalue weighted by Crippen LogP contribution is 2.23. The molecule has 0 saturated heterocycles. The number of hydrogen-bond donors (Lipinski definition) is 1. The van der Waals surface area contributed by atoms with E-state index in [4.69, 9.17) is 5.73 Å². The molecule has 0 aliphatic heterocycles. The number of nitrogens with zero attached hydrogens (tertiary/aromatic N) is 1. The average Bonchev–Trinajstić information content (AvgIpc) is 2.64. The summed E-state index contributed by atoms with van der Waals surface area (Å²) in [5.41, 5.74) is 8.33. The van der Waals surface area contributed by atoms with E-state index in [-0.39, 0.29) is 11.4 Å². The molecule has 2 N–H and O–H groups in total. The molecule has 3 aromatic rings. The lowest BCUT2D eigenvalue weighted by molar-refractivity contribution is 0.1000. The topological polar surface area (TPSA) is 65.1 Å². The number of pyridine rings is 1. The van der Waals surface area contributed by atoms with Crippen LogP contribution in [0.25, 0.3) is 16.8 Å². The summed E-state index contributed by atoms with van der Waals surface area (Å²) in [6, 6.07) is 14.1. The van der Waals surface area contributed by atoms with Crippen LogP contribution >= 0.6 is 0 Å². The number of nitrogens with two attached hydrogens (primary N) is 1. The van der Waals surface area contributed by atoms with Crippen LogP contribution in [0.3, 0.4) is 0 Å². The summed E-state index contributed by atoms with van der Waals surface area (Å²) < 4.78 is 14.6. The van der Waals surface area contributed by atoms with Gasteiger partial charge in [0, 0.05) is 29.1 Å². The zero-order valence-corrected chi connectivity index (χ0v) is 15.0. The lowest BCUT2D eigenvalue weighted by Crippen LogP contribution is -2.19. The van der Waals surface area contributed by atoms with Crippen molar-refractivity contribution in [3.8, 4) is 16.8 Å². The van der Waals surface area contributed by atoms with E-state index in [1.54, 1.807) is 42.6 Å². The Kier molecular flexibility index (Phi) is 6.07. The van der Waals surface area contributed by atoms with Gasteiger partial charge in [0.25, 0.3) is 5.56 Å². The van der Waals surface area contributed by atoms with Crippen LogP contribution < -0.4 is 11.3 Å².